The van der Waals surface area contributed by atoms with Crippen molar-refractivity contribution < 1.29 is 24.2 Å². The van der Waals surface area contributed by atoms with Crippen LogP contribution in [0.25, 0.3) is 0 Å². The Morgan fingerprint density at radius 1 is 0.978 bits per heavy atom. The lowest BCUT2D eigenvalue weighted by molar-refractivity contribution is -0.122. The number of nitrogens with two attached hydrogens (primary N) is 1. The van der Waals surface area contributed by atoms with Crippen molar-refractivity contribution in [3.63, 3.8) is 0 Å². The molecule has 8 nitrogen and oxygen atoms in total. The van der Waals surface area contributed by atoms with E-state index in [4.69, 9.17) is 10.5 Å². The number of benzene rings is 3. The molecular formula is C37H43N3O5. The Morgan fingerprint density at radius 2 is 1.58 bits per heavy atom. The number of carbonyl (C=O) groups excluding carboxylic acids is 3. The number of ether oxygens (including phenoxy) is 1. The van der Waals surface area contributed by atoms with Gasteiger partial charge >= 0.3 is 6.09 Å². The second-order valence-electron chi connectivity index (χ2n) is 13.3. The van der Waals surface area contributed by atoms with E-state index < -0.39 is 29.4 Å². The third-order valence-corrected chi connectivity index (χ3v) is 8.73. The number of alkyl carbamates (subject to hydrolysis) is 1. The monoisotopic (exact) mass is 609 g/mol. The van der Waals surface area contributed by atoms with E-state index in [-0.39, 0.29) is 36.4 Å². The van der Waals surface area contributed by atoms with E-state index in [9.17, 15) is 19.5 Å². The van der Waals surface area contributed by atoms with Crippen LogP contribution in [0.4, 0.5) is 4.79 Å². The summed E-state index contributed by atoms with van der Waals surface area (Å²) >= 11 is 0. The van der Waals surface area contributed by atoms with E-state index in [1.165, 1.54) is 0 Å². The molecule has 5 rings (SSSR count). The van der Waals surface area contributed by atoms with Crippen molar-refractivity contribution in [2.75, 3.05) is 0 Å². The number of amides is 2. The van der Waals surface area contributed by atoms with Crippen molar-refractivity contribution in [2.45, 2.75) is 88.0 Å². The highest BCUT2D eigenvalue weighted by atomic mass is 16.6. The first kappa shape index (κ1) is 32.0. The number of primary amides is 1. The summed E-state index contributed by atoms with van der Waals surface area (Å²) in [5, 5.41) is 18.2. The lowest BCUT2D eigenvalue weighted by atomic mass is 9.77. The first-order valence-corrected chi connectivity index (χ1v) is 15.6. The van der Waals surface area contributed by atoms with Gasteiger partial charge in [0, 0.05) is 37.0 Å². The quantitative estimate of drug-likeness (QED) is 0.241. The molecule has 8 heteroatoms. The molecule has 5 atom stereocenters. The summed E-state index contributed by atoms with van der Waals surface area (Å²) in [5.74, 6) is -0.745. The number of hydrogen-bond donors (Lipinski definition) is 4. The number of aliphatic hydroxyl groups is 1. The van der Waals surface area contributed by atoms with Crippen LogP contribution in [0, 0.1) is 0 Å². The van der Waals surface area contributed by atoms with Gasteiger partial charge in [-0.2, -0.15) is 0 Å². The van der Waals surface area contributed by atoms with Crippen molar-refractivity contribution in [1.82, 2.24) is 10.6 Å². The average molecular weight is 610 g/mol. The molecule has 0 saturated carbocycles. The Bertz CT molecular complexity index is 1550. The van der Waals surface area contributed by atoms with Gasteiger partial charge in [0.15, 0.2) is 5.78 Å². The number of fused-ring (bicyclic) bond motifs is 1. The van der Waals surface area contributed by atoms with E-state index in [0.717, 1.165) is 22.3 Å². The highest BCUT2D eigenvalue weighted by Crippen LogP contribution is 2.49. The van der Waals surface area contributed by atoms with Gasteiger partial charge in [-0.05, 0) is 61.8 Å². The number of ketones is 1. The molecule has 0 aromatic heterocycles. The normalized spacial score (nSPS) is 22.1. The molecule has 1 heterocycles. The Balaban J connectivity index is 1.44. The summed E-state index contributed by atoms with van der Waals surface area (Å²) in [7, 11) is 0. The molecule has 1 unspecified atom stereocenters. The molecular weight excluding hydrogens is 566 g/mol. The lowest BCUT2D eigenvalue weighted by Crippen LogP contribution is -2.55. The van der Waals surface area contributed by atoms with Gasteiger partial charge in [-0.15, -0.1) is 0 Å². The zero-order valence-corrected chi connectivity index (χ0v) is 26.2. The summed E-state index contributed by atoms with van der Waals surface area (Å²) in [6.45, 7) is 5.36. The fraction of sp³-hybridized carbons (Fsp3) is 0.378. The van der Waals surface area contributed by atoms with Gasteiger partial charge < -0.3 is 26.2 Å². The maximum absolute atomic E-state index is 14.6. The standard InChI is InChI=1S/C37H43N3O5/c1-36(2,3)45-35(44)40-31(18-24-12-6-4-7-13-24)32(41)22-37(21-25-14-8-5-9-15-25)34(43)30(23-39-37)29-19-26(20-33(38)42)27-16-10-11-17-28(27)29/h4-17,23,26,29,31-32,39,41H,18-22H2,1-3H3,(H2,38,42)(H,40,44)/t26-,29?,31+,32+,37+/m1/s1. The van der Waals surface area contributed by atoms with E-state index in [0.29, 0.717) is 24.8 Å². The number of nitrogens with one attached hydrogen (secondary N) is 2. The van der Waals surface area contributed by atoms with Crippen molar-refractivity contribution >= 4 is 17.8 Å². The molecule has 0 bridgehead atoms. The van der Waals surface area contributed by atoms with Crippen LogP contribution < -0.4 is 16.4 Å². The Morgan fingerprint density at radius 3 is 2.20 bits per heavy atom. The molecule has 0 fully saturated rings. The van der Waals surface area contributed by atoms with Crippen molar-refractivity contribution in [3.8, 4) is 0 Å². The minimum atomic E-state index is -1.16. The zero-order chi connectivity index (χ0) is 32.2. The van der Waals surface area contributed by atoms with Crippen LogP contribution in [0.2, 0.25) is 0 Å². The number of carbonyl (C=O) groups is 3. The number of aliphatic hydroxyl groups excluding tert-OH is 1. The van der Waals surface area contributed by atoms with Crippen LogP contribution in [0.3, 0.4) is 0 Å². The van der Waals surface area contributed by atoms with Gasteiger partial charge in [0.25, 0.3) is 0 Å². The van der Waals surface area contributed by atoms with Gasteiger partial charge in [-0.3, -0.25) is 9.59 Å². The van der Waals surface area contributed by atoms with Gasteiger partial charge in [0.05, 0.1) is 12.1 Å². The van der Waals surface area contributed by atoms with Crippen LogP contribution in [0.5, 0.6) is 0 Å². The maximum atomic E-state index is 14.6. The number of rotatable bonds is 11. The predicted octanol–water partition coefficient (Wildman–Crippen LogP) is 5.06. The molecule has 2 amide bonds. The molecule has 0 spiro atoms. The molecule has 1 aliphatic heterocycles. The zero-order valence-electron chi connectivity index (χ0n) is 26.2. The average Bonchev–Trinajstić information content (AvgIpc) is 3.49. The van der Waals surface area contributed by atoms with Crippen LogP contribution in [0.1, 0.15) is 74.1 Å². The first-order chi connectivity index (χ1) is 21.4. The summed E-state index contributed by atoms with van der Waals surface area (Å²) < 4.78 is 5.54. The third kappa shape index (κ3) is 7.63. The molecule has 0 saturated heterocycles. The first-order valence-electron chi connectivity index (χ1n) is 15.6. The minimum Gasteiger partial charge on any atom is -0.444 e. The number of hydrogen-bond acceptors (Lipinski definition) is 6. The smallest absolute Gasteiger partial charge is 0.407 e. The van der Waals surface area contributed by atoms with Crippen molar-refractivity contribution in [2.24, 2.45) is 5.73 Å². The van der Waals surface area contributed by atoms with Gasteiger partial charge in [-0.25, -0.2) is 4.79 Å². The molecule has 45 heavy (non-hydrogen) atoms. The maximum Gasteiger partial charge on any atom is 0.407 e. The van der Waals surface area contributed by atoms with E-state index in [1.807, 2.05) is 84.9 Å². The summed E-state index contributed by atoms with van der Waals surface area (Å²) in [4.78, 5) is 39.4. The lowest BCUT2D eigenvalue weighted by Gasteiger charge is -2.35. The molecule has 3 aromatic carbocycles. The van der Waals surface area contributed by atoms with Crippen LogP contribution in [-0.2, 0) is 27.2 Å². The summed E-state index contributed by atoms with van der Waals surface area (Å²) in [6.07, 6.45) is 1.62. The second-order valence-corrected chi connectivity index (χ2v) is 13.3. The van der Waals surface area contributed by atoms with Gasteiger partial charge in [0.2, 0.25) is 5.91 Å². The third-order valence-electron chi connectivity index (χ3n) is 8.73. The summed E-state index contributed by atoms with van der Waals surface area (Å²) in [5.41, 5.74) is 8.28. The Kier molecular flexibility index (Phi) is 9.44. The van der Waals surface area contributed by atoms with E-state index in [2.05, 4.69) is 10.6 Å². The predicted molar refractivity (Wildman–Crippen MR) is 173 cm³/mol. The molecule has 2 aliphatic rings. The SMILES string of the molecule is CC(C)(C)OC(=O)N[C@@H](Cc1ccccc1)[C@@H](O)C[C@]1(Cc2ccccc2)NC=C(C2C[C@H](CC(N)=O)c3ccccc32)C1=O. The second kappa shape index (κ2) is 13.3. The van der Waals surface area contributed by atoms with Gasteiger partial charge in [-0.1, -0.05) is 84.9 Å². The topological polar surface area (TPSA) is 131 Å². The molecule has 236 valence electrons. The minimum absolute atomic E-state index is 0.0487. The highest BCUT2D eigenvalue weighted by molar-refractivity contribution is 6.06. The van der Waals surface area contributed by atoms with Crippen molar-refractivity contribution in [3.05, 3.63) is 119 Å². The highest BCUT2D eigenvalue weighted by Gasteiger charge is 2.49. The van der Waals surface area contributed by atoms with Crippen LogP contribution in [-0.4, -0.2) is 46.2 Å². The van der Waals surface area contributed by atoms with Gasteiger partial charge in [0.1, 0.15) is 11.1 Å². The fourth-order valence-corrected chi connectivity index (χ4v) is 6.76. The fourth-order valence-electron chi connectivity index (χ4n) is 6.76. The van der Waals surface area contributed by atoms with E-state index >= 15 is 0 Å². The van der Waals surface area contributed by atoms with E-state index in [1.54, 1.807) is 27.0 Å². The van der Waals surface area contributed by atoms with Crippen molar-refractivity contribution in [1.29, 1.82) is 0 Å². The Hall–Kier alpha value is -4.43. The summed E-state index contributed by atoms with van der Waals surface area (Å²) in [6, 6.07) is 26.5. The Labute approximate surface area is 265 Å². The molecule has 5 N–H and O–H groups in total. The number of Topliss-reactive ketones (excluding diaryl/α,β-unsaturated/α-hetero) is 1. The molecule has 0 radical (unpaired) electrons. The van der Waals surface area contributed by atoms with Crippen LogP contribution >= 0.6 is 0 Å². The molecule has 1 aliphatic carbocycles. The largest absolute Gasteiger partial charge is 0.444 e. The van der Waals surface area contributed by atoms with Crippen LogP contribution in [0.15, 0.2) is 96.7 Å². The molecule has 3 aromatic rings.